The van der Waals surface area contributed by atoms with Gasteiger partial charge in [0.15, 0.2) is 0 Å². The van der Waals surface area contributed by atoms with Crippen LogP contribution in [0.2, 0.25) is 0 Å². The Kier molecular flexibility index (Phi) is 4.26. The van der Waals surface area contributed by atoms with Crippen molar-refractivity contribution in [3.8, 4) is 11.4 Å². The van der Waals surface area contributed by atoms with Crippen molar-refractivity contribution in [2.75, 3.05) is 6.61 Å². The third kappa shape index (κ3) is 3.27. The van der Waals surface area contributed by atoms with Gasteiger partial charge in [0.2, 0.25) is 11.7 Å². The SMILES string of the molecule is O=C(Cn1nnc(-c2ccsc2)n1)NC1CCCC1CO. The van der Waals surface area contributed by atoms with Crippen LogP contribution in [0.25, 0.3) is 11.4 Å². The van der Waals surface area contributed by atoms with Gasteiger partial charge in [-0.15, -0.1) is 10.2 Å². The van der Waals surface area contributed by atoms with Crippen molar-refractivity contribution in [3.63, 3.8) is 0 Å². The molecule has 2 heterocycles. The highest BCUT2D eigenvalue weighted by Crippen LogP contribution is 2.24. The van der Waals surface area contributed by atoms with Gasteiger partial charge in [-0.2, -0.15) is 16.1 Å². The number of aliphatic hydroxyl groups excluding tert-OH is 1. The molecule has 1 saturated carbocycles. The minimum Gasteiger partial charge on any atom is -0.396 e. The number of amides is 1. The summed E-state index contributed by atoms with van der Waals surface area (Å²) in [6.07, 6.45) is 2.92. The zero-order valence-corrected chi connectivity index (χ0v) is 12.3. The molecule has 1 aliphatic rings. The largest absolute Gasteiger partial charge is 0.396 e. The summed E-state index contributed by atoms with van der Waals surface area (Å²) < 4.78 is 0. The molecular formula is C13H17N5O2S. The number of hydrogen-bond donors (Lipinski definition) is 2. The summed E-state index contributed by atoms with van der Waals surface area (Å²) in [5.41, 5.74) is 0.905. The molecule has 2 unspecified atom stereocenters. The molecule has 0 radical (unpaired) electrons. The number of aliphatic hydroxyl groups is 1. The lowest BCUT2D eigenvalue weighted by atomic mass is 10.1. The van der Waals surface area contributed by atoms with Gasteiger partial charge in [-0.3, -0.25) is 4.79 Å². The van der Waals surface area contributed by atoms with E-state index in [0.717, 1.165) is 24.8 Å². The van der Waals surface area contributed by atoms with Crippen molar-refractivity contribution in [3.05, 3.63) is 16.8 Å². The smallest absolute Gasteiger partial charge is 0.243 e. The maximum absolute atomic E-state index is 12.0. The van der Waals surface area contributed by atoms with E-state index in [1.807, 2.05) is 16.8 Å². The van der Waals surface area contributed by atoms with Crippen molar-refractivity contribution in [1.82, 2.24) is 25.5 Å². The molecule has 112 valence electrons. The van der Waals surface area contributed by atoms with Crippen LogP contribution in [0.1, 0.15) is 19.3 Å². The highest BCUT2D eigenvalue weighted by molar-refractivity contribution is 7.08. The fourth-order valence-corrected chi connectivity index (χ4v) is 3.28. The molecule has 21 heavy (non-hydrogen) atoms. The van der Waals surface area contributed by atoms with Gasteiger partial charge in [-0.05, 0) is 29.5 Å². The zero-order chi connectivity index (χ0) is 14.7. The summed E-state index contributed by atoms with van der Waals surface area (Å²) in [6, 6.07) is 1.97. The lowest BCUT2D eigenvalue weighted by Gasteiger charge is -2.18. The number of rotatable bonds is 5. The second-order valence-corrected chi connectivity index (χ2v) is 5.98. The maximum Gasteiger partial charge on any atom is 0.243 e. The quantitative estimate of drug-likeness (QED) is 0.847. The molecule has 0 saturated heterocycles. The van der Waals surface area contributed by atoms with E-state index in [-0.39, 0.29) is 31.0 Å². The predicted molar refractivity (Wildman–Crippen MR) is 77.5 cm³/mol. The number of thiophene rings is 1. The summed E-state index contributed by atoms with van der Waals surface area (Å²) in [5, 5.41) is 28.1. The molecule has 2 N–H and O–H groups in total. The average Bonchev–Trinajstić information content (AvgIpc) is 3.19. The van der Waals surface area contributed by atoms with Gasteiger partial charge in [0.25, 0.3) is 0 Å². The second-order valence-electron chi connectivity index (χ2n) is 5.20. The summed E-state index contributed by atoms with van der Waals surface area (Å²) in [4.78, 5) is 13.3. The monoisotopic (exact) mass is 307 g/mol. The van der Waals surface area contributed by atoms with Crippen molar-refractivity contribution in [2.45, 2.75) is 31.8 Å². The van der Waals surface area contributed by atoms with E-state index in [4.69, 9.17) is 0 Å². The van der Waals surface area contributed by atoms with Crippen LogP contribution < -0.4 is 5.32 Å². The van der Waals surface area contributed by atoms with Gasteiger partial charge in [0, 0.05) is 29.5 Å². The molecule has 2 atom stereocenters. The first-order chi connectivity index (χ1) is 10.3. The van der Waals surface area contributed by atoms with E-state index >= 15 is 0 Å². The Morgan fingerprint density at radius 3 is 3.19 bits per heavy atom. The van der Waals surface area contributed by atoms with Gasteiger partial charge in [0.05, 0.1) is 0 Å². The van der Waals surface area contributed by atoms with E-state index in [2.05, 4.69) is 20.7 Å². The van der Waals surface area contributed by atoms with Gasteiger partial charge < -0.3 is 10.4 Å². The molecule has 1 fully saturated rings. The first-order valence-corrected chi connectivity index (χ1v) is 7.91. The highest BCUT2D eigenvalue weighted by Gasteiger charge is 2.27. The predicted octanol–water partition coefficient (Wildman–Crippen LogP) is 0.679. The summed E-state index contributed by atoms with van der Waals surface area (Å²) in [6.45, 7) is 0.167. The van der Waals surface area contributed by atoms with Crippen LogP contribution in [-0.2, 0) is 11.3 Å². The normalized spacial score (nSPS) is 21.6. The highest BCUT2D eigenvalue weighted by atomic mass is 32.1. The molecule has 2 aromatic rings. The molecule has 2 aromatic heterocycles. The molecule has 1 aliphatic carbocycles. The number of tetrazole rings is 1. The van der Waals surface area contributed by atoms with Crippen LogP contribution in [0, 0.1) is 5.92 Å². The number of hydrogen-bond acceptors (Lipinski definition) is 6. The maximum atomic E-state index is 12.0. The fraction of sp³-hybridized carbons (Fsp3) is 0.538. The van der Waals surface area contributed by atoms with Gasteiger partial charge in [-0.1, -0.05) is 6.42 Å². The molecule has 7 nitrogen and oxygen atoms in total. The standard InChI is InChI=1S/C13H17N5O2S/c19-7-9-2-1-3-11(9)14-12(20)6-18-16-13(15-17-18)10-4-5-21-8-10/h4-5,8-9,11,19H,1-3,6-7H2,(H,14,20). The van der Waals surface area contributed by atoms with Crippen molar-refractivity contribution in [2.24, 2.45) is 5.92 Å². The summed E-state index contributed by atoms with van der Waals surface area (Å²) in [7, 11) is 0. The van der Waals surface area contributed by atoms with Crippen LogP contribution >= 0.6 is 11.3 Å². The van der Waals surface area contributed by atoms with Crippen molar-refractivity contribution >= 4 is 17.2 Å². The third-order valence-corrected chi connectivity index (χ3v) is 4.44. The number of nitrogens with zero attached hydrogens (tertiary/aromatic N) is 4. The molecule has 1 amide bonds. The second kappa shape index (κ2) is 6.31. The van der Waals surface area contributed by atoms with E-state index in [1.165, 1.54) is 4.80 Å². The fourth-order valence-electron chi connectivity index (χ4n) is 2.64. The Balaban J connectivity index is 1.58. The summed E-state index contributed by atoms with van der Waals surface area (Å²) in [5.74, 6) is 0.548. The molecule has 0 aromatic carbocycles. The first-order valence-electron chi connectivity index (χ1n) is 6.97. The van der Waals surface area contributed by atoms with Gasteiger partial charge in [-0.25, -0.2) is 0 Å². The average molecular weight is 307 g/mol. The lowest BCUT2D eigenvalue weighted by molar-refractivity contribution is -0.123. The topological polar surface area (TPSA) is 92.9 Å². The third-order valence-electron chi connectivity index (χ3n) is 3.76. The van der Waals surface area contributed by atoms with Crippen molar-refractivity contribution < 1.29 is 9.90 Å². The molecule has 8 heteroatoms. The van der Waals surface area contributed by atoms with Gasteiger partial charge in [0.1, 0.15) is 6.54 Å². The number of nitrogens with one attached hydrogen (secondary N) is 1. The Labute approximate surface area is 126 Å². The van der Waals surface area contributed by atoms with Crippen molar-refractivity contribution in [1.29, 1.82) is 0 Å². The molecule has 0 bridgehead atoms. The Bertz CT molecular complexity index is 597. The van der Waals surface area contributed by atoms with E-state index in [0.29, 0.717) is 5.82 Å². The van der Waals surface area contributed by atoms with Gasteiger partial charge >= 0.3 is 0 Å². The first kappa shape index (κ1) is 14.2. The molecule has 0 spiro atoms. The zero-order valence-electron chi connectivity index (χ0n) is 11.5. The van der Waals surface area contributed by atoms with E-state index in [1.54, 1.807) is 11.3 Å². The Morgan fingerprint density at radius 2 is 2.43 bits per heavy atom. The number of aromatic nitrogens is 4. The van der Waals surface area contributed by atoms with Crippen LogP contribution in [-0.4, -0.2) is 43.9 Å². The number of carbonyl (C=O) groups is 1. The molecular weight excluding hydrogens is 290 g/mol. The molecule has 3 rings (SSSR count). The lowest BCUT2D eigenvalue weighted by Crippen LogP contribution is -2.40. The number of carbonyl (C=O) groups excluding carboxylic acids is 1. The van der Waals surface area contributed by atoms with Crippen LogP contribution in [0.3, 0.4) is 0 Å². The Morgan fingerprint density at radius 1 is 1.52 bits per heavy atom. The van der Waals surface area contributed by atoms with E-state index < -0.39 is 0 Å². The minimum absolute atomic E-state index is 0.0474. The van der Waals surface area contributed by atoms with Crippen LogP contribution in [0.5, 0.6) is 0 Å². The van der Waals surface area contributed by atoms with Crippen LogP contribution in [0.4, 0.5) is 0 Å². The van der Waals surface area contributed by atoms with Crippen LogP contribution in [0.15, 0.2) is 16.8 Å². The molecule has 0 aliphatic heterocycles. The van der Waals surface area contributed by atoms with E-state index in [9.17, 15) is 9.90 Å². The minimum atomic E-state index is -0.144. The summed E-state index contributed by atoms with van der Waals surface area (Å²) >= 11 is 1.56. The Hall–Kier alpha value is -1.80.